The van der Waals surface area contributed by atoms with Crippen LogP contribution in [0, 0.1) is 13.8 Å². The second kappa shape index (κ2) is 7.97. The molecule has 3 amide bonds. The van der Waals surface area contributed by atoms with Crippen molar-refractivity contribution >= 4 is 23.3 Å². The molecule has 0 saturated carbocycles. The van der Waals surface area contributed by atoms with Crippen molar-refractivity contribution < 1.29 is 9.59 Å². The Labute approximate surface area is 141 Å². The zero-order chi connectivity index (χ0) is 17.5. The molecule has 5 nitrogen and oxygen atoms in total. The summed E-state index contributed by atoms with van der Waals surface area (Å²) in [4.78, 5) is 23.7. The van der Waals surface area contributed by atoms with Gasteiger partial charge in [-0.2, -0.15) is 0 Å². The Hall–Kier alpha value is -3.08. The first-order valence-electron chi connectivity index (χ1n) is 7.63. The van der Waals surface area contributed by atoms with E-state index < -0.39 is 11.9 Å². The third-order valence-electron chi connectivity index (χ3n) is 3.22. The molecule has 0 aliphatic rings. The van der Waals surface area contributed by atoms with E-state index in [1.807, 2.05) is 56.3 Å². The highest BCUT2D eigenvalue weighted by Gasteiger charge is 2.06. The highest BCUT2D eigenvalue weighted by Crippen LogP contribution is 2.12. The van der Waals surface area contributed by atoms with Gasteiger partial charge >= 0.3 is 6.03 Å². The molecule has 0 bridgehead atoms. The lowest BCUT2D eigenvalue weighted by atomic mass is 10.2. The van der Waals surface area contributed by atoms with Crippen LogP contribution in [0.3, 0.4) is 0 Å². The van der Waals surface area contributed by atoms with Crippen LogP contribution in [0.15, 0.2) is 60.3 Å². The molecule has 0 radical (unpaired) electrons. The first-order valence-corrected chi connectivity index (χ1v) is 7.63. The fourth-order valence-electron chi connectivity index (χ4n) is 2.22. The minimum Gasteiger partial charge on any atom is -0.359 e. The van der Waals surface area contributed by atoms with E-state index in [4.69, 9.17) is 0 Å². The number of hydrogen-bond acceptors (Lipinski definition) is 3. The van der Waals surface area contributed by atoms with Gasteiger partial charge in [-0.3, -0.25) is 10.1 Å². The molecule has 124 valence electrons. The Morgan fingerprint density at radius 1 is 0.875 bits per heavy atom. The van der Waals surface area contributed by atoms with Gasteiger partial charge in [0.15, 0.2) is 0 Å². The SMILES string of the molecule is C/C(=C\C(=O)NC(=O)Nc1cccc(C)c1)Nc1cccc(C)c1. The van der Waals surface area contributed by atoms with Crippen molar-refractivity contribution in [3.63, 3.8) is 0 Å². The predicted molar refractivity (Wildman–Crippen MR) is 96.9 cm³/mol. The zero-order valence-corrected chi connectivity index (χ0v) is 14.0. The summed E-state index contributed by atoms with van der Waals surface area (Å²) in [5.41, 5.74) is 4.31. The number of imide groups is 1. The smallest absolute Gasteiger partial charge is 0.326 e. The van der Waals surface area contributed by atoms with Crippen molar-refractivity contribution in [2.24, 2.45) is 0 Å². The summed E-state index contributed by atoms with van der Waals surface area (Å²) < 4.78 is 0. The number of carbonyl (C=O) groups excluding carboxylic acids is 2. The van der Waals surface area contributed by atoms with Crippen molar-refractivity contribution in [2.45, 2.75) is 20.8 Å². The van der Waals surface area contributed by atoms with Crippen molar-refractivity contribution in [1.82, 2.24) is 5.32 Å². The number of benzene rings is 2. The summed E-state index contributed by atoms with van der Waals surface area (Å²) in [5.74, 6) is -0.488. The van der Waals surface area contributed by atoms with Crippen molar-refractivity contribution in [1.29, 1.82) is 0 Å². The largest absolute Gasteiger partial charge is 0.359 e. The van der Waals surface area contributed by atoms with Gasteiger partial charge in [0, 0.05) is 23.1 Å². The van der Waals surface area contributed by atoms with Crippen LogP contribution in [0.2, 0.25) is 0 Å². The quantitative estimate of drug-likeness (QED) is 0.746. The zero-order valence-electron chi connectivity index (χ0n) is 14.0. The van der Waals surface area contributed by atoms with Crippen LogP contribution in [0.5, 0.6) is 0 Å². The van der Waals surface area contributed by atoms with Gasteiger partial charge in [-0.25, -0.2) is 4.79 Å². The maximum Gasteiger partial charge on any atom is 0.326 e. The van der Waals surface area contributed by atoms with Crippen LogP contribution < -0.4 is 16.0 Å². The average molecular weight is 323 g/mol. The molecule has 0 aliphatic carbocycles. The lowest BCUT2D eigenvalue weighted by Gasteiger charge is -2.08. The van der Waals surface area contributed by atoms with Crippen LogP contribution in [0.1, 0.15) is 18.1 Å². The maximum atomic E-state index is 11.9. The van der Waals surface area contributed by atoms with E-state index in [9.17, 15) is 9.59 Å². The summed E-state index contributed by atoms with van der Waals surface area (Å²) in [6.07, 6.45) is 1.35. The van der Waals surface area contributed by atoms with Crippen molar-refractivity contribution in [2.75, 3.05) is 10.6 Å². The number of hydrogen-bond donors (Lipinski definition) is 3. The van der Waals surface area contributed by atoms with Crippen LogP contribution in [-0.2, 0) is 4.79 Å². The number of amides is 3. The fourth-order valence-corrected chi connectivity index (χ4v) is 2.22. The average Bonchev–Trinajstić information content (AvgIpc) is 2.46. The lowest BCUT2D eigenvalue weighted by molar-refractivity contribution is -0.115. The number of rotatable bonds is 4. The maximum absolute atomic E-state index is 11.9. The third kappa shape index (κ3) is 5.61. The van der Waals surface area contributed by atoms with Crippen LogP contribution in [0.4, 0.5) is 16.2 Å². The molecular weight excluding hydrogens is 302 g/mol. The molecule has 0 aromatic heterocycles. The van der Waals surface area contributed by atoms with E-state index in [2.05, 4.69) is 16.0 Å². The van der Waals surface area contributed by atoms with Gasteiger partial charge in [0.05, 0.1) is 0 Å². The van der Waals surface area contributed by atoms with Gasteiger partial charge in [-0.05, 0) is 56.2 Å². The van der Waals surface area contributed by atoms with Gasteiger partial charge in [-0.1, -0.05) is 24.3 Å². The van der Waals surface area contributed by atoms with E-state index in [0.29, 0.717) is 11.4 Å². The molecule has 2 aromatic carbocycles. The summed E-state index contributed by atoms with van der Waals surface area (Å²) in [7, 11) is 0. The molecule has 0 unspecified atom stereocenters. The number of nitrogens with one attached hydrogen (secondary N) is 3. The van der Waals surface area contributed by atoms with Gasteiger partial charge in [0.1, 0.15) is 0 Å². The molecule has 0 saturated heterocycles. The molecule has 2 aromatic rings. The Bertz CT molecular complexity index is 782. The highest BCUT2D eigenvalue weighted by atomic mass is 16.2. The van der Waals surface area contributed by atoms with Crippen LogP contribution in [-0.4, -0.2) is 11.9 Å². The third-order valence-corrected chi connectivity index (χ3v) is 3.22. The summed E-state index contributed by atoms with van der Waals surface area (Å²) in [6.45, 7) is 5.68. The topological polar surface area (TPSA) is 70.2 Å². The van der Waals surface area contributed by atoms with E-state index in [0.717, 1.165) is 16.8 Å². The Morgan fingerprint density at radius 2 is 1.42 bits per heavy atom. The lowest BCUT2D eigenvalue weighted by Crippen LogP contribution is -2.33. The number of carbonyl (C=O) groups is 2. The molecule has 3 N–H and O–H groups in total. The van der Waals surface area contributed by atoms with Crippen molar-refractivity contribution in [3.05, 3.63) is 71.4 Å². The molecule has 5 heteroatoms. The Morgan fingerprint density at radius 3 is 1.96 bits per heavy atom. The van der Waals surface area contributed by atoms with E-state index in [1.165, 1.54) is 6.08 Å². The summed E-state index contributed by atoms with van der Waals surface area (Å²) in [5, 5.41) is 8.01. The monoisotopic (exact) mass is 323 g/mol. The minimum atomic E-state index is -0.565. The summed E-state index contributed by atoms with van der Waals surface area (Å²) in [6, 6.07) is 14.6. The Balaban J connectivity index is 1.90. The first-order chi connectivity index (χ1) is 11.4. The van der Waals surface area contributed by atoms with Gasteiger partial charge in [0.2, 0.25) is 0 Å². The number of allylic oxidation sites excluding steroid dienone is 1. The van der Waals surface area contributed by atoms with E-state index in [1.54, 1.807) is 13.0 Å². The Kier molecular flexibility index (Phi) is 5.73. The van der Waals surface area contributed by atoms with Crippen molar-refractivity contribution in [3.8, 4) is 0 Å². The normalized spacial score (nSPS) is 10.9. The molecular formula is C19H21N3O2. The standard InChI is InChI=1S/C19H21N3O2/c1-13-6-4-8-16(10-13)20-15(3)12-18(23)22-19(24)21-17-9-5-7-14(2)11-17/h4-12,20H,1-3H3,(H2,21,22,23,24)/b15-12+. The minimum absolute atomic E-state index is 0.488. The molecule has 0 spiro atoms. The number of aryl methyl sites for hydroxylation is 2. The second-order valence-electron chi connectivity index (χ2n) is 5.63. The van der Waals surface area contributed by atoms with Gasteiger partial charge in [0.25, 0.3) is 5.91 Å². The molecule has 0 fully saturated rings. The molecule has 2 rings (SSSR count). The first kappa shape index (κ1) is 17.3. The van der Waals surface area contributed by atoms with Gasteiger partial charge in [-0.15, -0.1) is 0 Å². The summed E-state index contributed by atoms with van der Waals surface area (Å²) >= 11 is 0. The predicted octanol–water partition coefficient (Wildman–Crippen LogP) is 3.97. The van der Waals surface area contributed by atoms with Crippen LogP contribution >= 0.6 is 0 Å². The number of anilines is 2. The molecule has 0 heterocycles. The highest BCUT2D eigenvalue weighted by molar-refractivity contribution is 6.05. The van der Waals surface area contributed by atoms with Gasteiger partial charge < -0.3 is 10.6 Å². The number of urea groups is 1. The molecule has 24 heavy (non-hydrogen) atoms. The molecule has 0 atom stereocenters. The van der Waals surface area contributed by atoms with E-state index in [-0.39, 0.29) is 0 Å². The molecule has 0 aliphatic heterocycles. The van der Waals surface area contributed by atoms with Crippen LogP contribution in [0.25, 0.3) is 0 Å². The second-order valence-corrected chi connectivity index (χ2v) is 5.63. The fraction of sp³-hybridized carbons (Fsp3) is 0.158. The van der Waals surface area contributed by atoms with E-state index >= 15 is 0 Å².